The van der Waals surface area contributed by atoms with E-state index in [4.69, 9.17) is 27.9 Å². The van der Waals surface area contributed by atoms with Crippen LogP contribution < -0.4 is 4.74 Å². The molecule has 0 N–H and O–H groups in total. The van der Waals surface area contributed by atoms with E-state index in [-0.39, 0.29) is 0 Å². The van der Waals surface area contributed by atoms with Gasteiger partial charge in [-0.1, -0.05) is 23.7 Å². The molecule has 0 aliphatic heterocycles. The van der Waals surface area contributed by atoms with E-state index in [1.165, 1.54) is 0 Å². The molecule has 3 aromatic rings. The van der Waals surface area contributed by atoms with Gasteiger partial charge in [0.15, 0.2) is 0 Å². The maximum absolute atomic E-state index is 6.19. The van der Waals surface area contributed by atoms with Crippen molar-refractivity contribution in [3.63, 3.8) is 0 Å². The Balaban J connectivity index is 2.04. The summed E-state index contributed by atoms with van der Waals surface area (Å²) >= 11 is 12.2. The second kappa shape index (κ2) is 5.92. The van der Waals surface area contributed by atoms with Gasteiger partial charge in [0.05, 0.1) is 30.1 Å². The summed E-state index contributed by atoms with van der Waals surface area (Å²) in [5.41, 5.74) is 2.78. The molecule has 0 saturated carbocycles. The van der Waals surface area contributed by atoms with E-state index >= 15 is 0 Å². The second-order valence-corrected chi connectivity index (χ2v) is 5.24. The Labute approximate surface area is 132 Å². The summed E-state index contributed by atoms with van der Waals surface area (Å²) in [6, 6.07) is 9.53. The molecule has 1 aromatic carbocycles. The van der Waals surface area contributed by atoms with Crippen molar-refractivity contribution < 1.29 is 4.74 Å². The van der Waals surface area contributed by atoms with Crippen LogP contribution in [0.2, 0.25) is 5.02 Å². The zero-order valence-corrected chi connectivity index (χ0v) is 12.9. The number of methoxy groups -OCH3 is 1. The maximum Gasteiger partial charge on any atom is 0.212 e. The number of rotatable bonds is 4. The molecule has 4 nitrogen and oxygen atoms in total. The summed E-state index contributed by atoms with van der Waals surface area (Å²) in [6.07, 6.45) is 1.78. The lowest BCUT2D eigenvalue weighted by Gasteiger charge is -2.08. The third kappa shape index (κ3) is 2.69. The standard InChI is InChI=1S/C15H13Cl2N3O/c1-21-14-6-5-10(8-18-14)9-20-12-4-2-3-11(17)15(12)19-13(20)7-16/h2-6,8H,7,9H2,1H3. The first-order chi connectivity index (χ1) is 10.2. The molecule has 0 aliphatic carbocycles. The van der Waals surface area contributed by atoms with Gasteiger partial charge in [0, 0.05) is 12.3 Å². The van der Waals surface area contributed by atoms with Gasteiger partial charge in [-0.3, -0.25) is 0 Å². The lowest BCUT2D eigenvalue weighted by molar-refractivity contribution is 0.397. The van der Waals surface area contributed by atoms with Crippen molar-refractivity contribution in [2.24, 2.45) is 0 Å². The molecule has 3 rings (SSSR count). The quantitative estimate of drug-likeness (QED) is 0.684. The normalized spacial score (nSPS) is 11.0. The highest BCUT2D eigenvalue weighted by molar-refractivity contribution is 6.35. The fourth-order valence-corrected chi connectivity index (χ4v) is 2.66. The number of nitrogens with zero attached hydrogens (tertiary/aromatic N) is 3. The molecule has 2 aromatic heterocycles. The SMILES string of the molecule is COc1ccc(Cn2c(CCl)nc3c(Cl)cccc32)cn1. The van der Waals surface area contributed by atoms with Crippen LogP contribution in [0.25, 0.3) is 11.0 Å². The predicted octanol–water partition coefficient (Wildman–Crippen LogP) is 3.88. The van der Waals surface area contributed by atoms with Crippen LogP contribution in [0, 0.1) is 0 Å². The third-order valence-corrected chi connectivity index (χ3v) is 3.82. The van der Waals surface area contributed by atoms with Gasteiger partial charge < -0.3 is 9.30 Å². The molecule has 0 atom stereocenters. The van der Waals surface area contributed by atoms with Crippen LogP contribution in [0.5, 0.6) is 5.88 Å². The summed E-state index contributed by atoms with van der Waals surface area (Å²) < 4.78 is 7.12. The lowest BCUT2D eigenvalue weighted by atomic mass is 10.2. The zero-order valence-electron chi connectivity index (χ0n) is 11.4. The molecule has 6 heteroatoms. The summed E-state index contributed by atoms with van der Waals surface area (Å²) in [5, 5.41) is 0.630. The highest BCUT2D eigenvalue weighted by atomic mass is 35.5. The van der Waals surface area contributed by atoms with Gasteiger partial charge in [0.25, 0.3) is 0 Å². The van der Waals surface area contributed by atoms with Crippen LogP contribution in [-0.4, -0.2) is 21.6 Å². The van der Waals surface area contributed by atoms with Gasteiger partial charge in [-0.05, 0) is 17.7 Å². The van der Waals surface area contributed by atoms with E-state index in [9.17, 15) is 0 Å². The minimum Gasteiger partial charge on any atom is -0.481 e. The van der Waals surface area contributed by atoms with Crippen molar-refractivity contribution in [2.45, 2.75) is 12.4 Å². The van der Waals surface area contributed by atoms with Crippen LogP contribution in [0.3, 0.4) is 0 Å². The number of fused-ring (bicyclic) bond motifs is 1. The first-order valence-electron chi connectivity index (χ1n) is 6.41. The lowest BCUT2D eigenvalue weighted by Crippen LogP contribution is -2.04. The molecule has 0 bridgehead atoms. The second-order valence-electron chi connectivity index (χ2n) is 4.56. The number of halogens is 2. The molecule has 0 saturated heterocycles. The number of benzene rings is 1. The number of alkyl halides is 1. The van der Waals surface area contributed by atoms with Crippen molar-refractivity contribution in [3.05, 3.63) is 52.9 Å². The first-order valence-corrected chi connectivity index (χ1v) is 7.32. The smallest absolute Gasteiger partial charge is 0.212 e. The fourth-order valence-electron chi connectivity index (χ4n) is 2.25. The van der Waals surface area contributed by atoms with E-state index < -0.39 is 0 Å². The number of hydrogen-bond donors (Lipinski definition) is 0. The van der Waals surface area contributed by atoms with Gasteiger partial charge in [0.2, 0.25) is 5.88 Å². The number of hydrogen-bond acceptors (Lipinski definition) is 3. The zero-order chi connectivity index (χ0) is 14.8. The van der Waals surface area contributed by atoms with Crippen LogP contribution in [-0.2, 0) is 12.4 Å². The monoisotopic (exact) mass is 321 g/mol. The van der Waals surface area contributed by atoms with E-state index in [1.807, 2.05) is 30.3 Å². The third-order valence-electron chi connectivity index (χ3n) is 3.28. The van der Waals surface area contributed by atoms with Crippen LogP contribution in [0.1, 0.15) is 11.4 Å². The molecule has 0 fully saturated rings. The van der Waals surface area contributed by atoms with Crippen molar-refractivity contribution in [1.82, 2.24) is 14.5 Å². The summed E-state index contributed by atoms with van der Waals surface area (Å²) in [5.74, 6) is 1.71. The van der Waals surface area contributed by atoms with Gasteiger partial charge in [-0.2, -0.15) is 0 Å². The Morgan fingerprint density at radius 3 is 2.76 bits per heavy atom. The number of aromatic nitrogens is 3. The van der Waals surface area contributed by atoms with Crippen LogP contribution in [0.4, 0.5) is 0 Å². The van der Waals surface area contributed by atoms with Crippen LogP contribution in [0.15, 0.2) is 36.5 Å². The van der Waals surface area contributed by atoms with Crippen molar-refractivity contribution >= 4 is 34.2 Å². The van der Waals surface area contributed by atoms with Gasteiger partial charge >= 0.3 is 0 Å². The largest absolute Gasteiger partial charge is 0.481 e. The molecule has 0 aliphatic rings. The Morgan fingerprint density at radius 1 is 1.24 bits per heavy atom. The minimum absolute atomic E-state index is 0.328. The number of ether oxygens (including phenoxy) is 1. The highest BCUT2D eigenvalue weighted by Gasteiger charge is 2.12. The topological polar surface area (TPSA) is 39.9 Å². The van der Waals surface area contributed by atoms with E-state index in [0.717, 1.165) is 22.4 Å². The Bertz CT molecular complexity index is 768. The Kier molecular flexibility index (Phi) is 3.99. The molecule has 2 heterocycles. The van der Waals surface area contributed by atoms with Crippen LogP contribution >= 0.6 is 23.2 Å². The highest BCUT2D eigenvalue weighted by Crippen LogP contribution is 2.25. The Morgan fingerprint density at radius 2 is 2.10 bits per heavy atom. The molecule has 0 unspecified atom stereocenters. The average molecular weight is 322 g/mol. The molecule has 108 valence electrons. The van der Waals surface area contributed by atoms with Gasteiger partial charge in [-0.15, -0.1) is 11.6 Å². The fraction of sp³-hybridized carbons (Fsp3) is 0.200. The first kappa shape index (κ1) is 14.2. The molecule has 21 heavy (non-hydrogen) atoms. The van der Waals surface area contributed by atoms with Crippen molar-refractivity contribution in [3.8, 4) is 5.88 Å². The molecule has 0 radical (unpaired) electrons. The number of imidazole rings is 1. The van der Waals surface area contributed by atoms with E-state index in [1.54, 1.807) is 13.3 Å². The summed E-state index contributed by atoms with van der Waals surface area (Å²) in [4.78, 5) is 8.73. The number of para-hydroxylation sites is 1. The molecular formula is C15H13Cl2N3O. The predicted molar refractivity (Wildman–Crippen MR) is 84.2 cm³/mol. The average Bonchev–Trinajstić information content (AvgIpc) is 2.87. The molecular weight excluding hydrogens is 309 g/mol. The maximum atomic E-state index is 6.19. The van der Waals surface area contributed by atoms with Crippen molar-refractivity contribution in [2.75, 3.05) is 7.11 Å². The summed E-state index contributed by atoms with van der Waals surface area (Å²) in [6.45, 7) is 0.635. The molecule has 0 amide bonds. The molecule has 0 spiro atoms. The number of pyridine rings is 1. The Hall–Kier alpha value is -1.78. The minimum atomic E-state index is 0.328. The van der Waals surface area contributed by atoms with E-state index in [0.29, 0.717) is 23.3 Å². The van der Waals surface area contributed by atoms with Crippen molar-refractivity contribution in [1.29, 1.82) is 0 Å². The van der Waals surface area contributed by atoms with Gasteiger partial charge in [0.1, 0.15) is 11.3 Å². The van der Waals surface area contributed by atoms with Gasteiger partial charge in [-0.25, -0.2) is 9.97 Å². The summed E-state index contributed by atoms with van der Waals surface area (Å²) in [7, 11) is 1.60. The van der Waals surface area contributed by atoms with E-state index in [2.05, 4.69) is 14.5 Å².